The minimum absolute atomic E-state index is 1.07. The van der Waals surface area contributed by atoms with Crippen molar-refractivity contribution in [1.29, 1.82) is 0 Å². The van der Waals surface area contributed by atoms with Gasteiger partial charge >= 0.3 is 0 Å². The minimum Gasteiger partial charge on any atom is -0.333 e. The molecule has 0 aliphatic heterocycles. The van der Waals surface area contributed by atoms with E-state index in [-0.39, 0.29) is 0 Å². The Kier molecular flexibility index (Phi) is 29.2. The van der Waals surface area contributed by atoms with Crippen LogP contribution in [0.15, 0.2) is 0 Å². The Morgan fingerprint density at radius 2 is 0.714 bits per heavy atom. The molecule has 0 aromatic carbocycles. The standard InChI is InChI=1S/C18H38S.H2OS/c1-2-3-4-5-6-7-8-9-10-11-12-13-14-15-16-17-18-19;1-2/h19H,2-18H2,1H3;1-2H. The molecule has 21 heavy (non-hydrogen) atoms. The fourth-order valence-electron chi connectivity index (χ4n) is 2.66. The van der Waals surface area contributed by atoms with Crippen LogP contribution < -0.4 is 0 Å². The summed E-state index contributed by atoms with van der Waals surface area (Å²) < 4.78 is 6.69. The number of unbranched alkanes of at least 4 members (excludes halogenated alkanes) is 15. The van der Waals surface area contributed by atoms with Crippen LogP contribution in [-0.2, 0) is 0 Å². The Balaban J connectivity index is 0. The summed E-state index contributed by atoms with van der Waals surface area (Å²) in [6, 6.07) is 0. The fourth-order valence-corrected chi connectivity index (χ4v) is 2.88. The van der Waals surface area contributed by atoms with E-state index in [4.69, 9.17) is 4.55 Å². The quantitative estimate of drug-likeness (QED) is 0.151. The molecule has 0 rings (SSSR count). The van der Waals surface area contributed by atoms with Crippen LogP contribution >= 0.6 is 25.5 Å². The van der Waals surface area contributed by atoms with Crippen LogP contribution in [0.5, 0.6) is 0 Å². The molecule has 0 atom stereocenters. The lowest BCUT2D eigenvalue weighted by molar-refractivity contribution is 0.532. The van der Waals surface area contributed by atoms with Gasteiger partial charge in [-0.05, 0) is 25.1 Å². The van der Waals surface area contributed by atoms with Crippen molar-refractivity contribution in [2.45, 2.75) is 110 Å². The lowest BCUT2D eigenvalue weighted by atomic mass is 10.0. The third kappa shape index (κ3) is 25.9. The summed E-state index contributed by atoms with van der Waals surface area (Å²) in [6.45, 7) is 2.29. The second-order valence-electron chi connectivity index (χ2n) is 6.03. The number of thiol groups is 2. The molecule has 0 saturated carbocycles. The molecule has 0 aromatic heterocycles. The van der Waals surface area contributed by atoms with E-state index in [1.54, 1.807) is 0 Å². The zero-order valence-corrected chi connectivity index (χ0v) is 16.2. The second-order valence-corrected chi connectivity index (χ2v) is 6.47. The SMILES string of the molecule is CCCCCCCCCCCCCCCCCCS.OS. The lowest BCUT2D eigenvalue weighted by Crippen LogP contribution is -1.83. The van der Waals surface area contributed by atoms with Gasteiger partial charge in [-0.3, -0.25) is 0 Å². The van der Waals surface area contributed by atoms with Crippen molar-refractivity contribution in [3.8, 4) is 0 Å². The van der Waals surface area contributed by atoms with Crippen LogP contribution in [0, 0.1) is 0 Å². The van der Waals surface area contributed by atoms with Crippen molar-refractivity contribution in [3.63, 3.8) is 0 Å². The van der Waals surface area contributed by atoms with Crippen LogP contribution in [0.2, 0.25) is 0 Å². The van der Waals surface area contributed by atoms with Gasteiger partial charge in [0.15, 0.2) is 0 Å². The Labute approximate surface area is 145 Å². The Morgan fingerprint density at radius 3 is 0.952 bits per heavy atom. The predicted molar refractivity (Wildman–Crippen MR) is 105 cm³/mol. The van der Waals surface area contributed by atoms with Gasteiger partial charge in [0.1, 0.15) is 0 Å². The first-order chi connectivity index (χ1) is 10.4. The molecule has 1 nitrogen and oxygen atoms in total. The van der Waals surface area contributed by atoms with Crippen molar-refractivity contribution in [2.24, 2.45) is 0 Å². The van der Waals surface area contributed by atoms with E-state index in [9.17, 15) is 0 Å². The van der Waals surface area contributed by atoms with E-state index in [2.05, 4.69) is 32.5 Å². The summed E-state index contributed by atoms with van der Waals surface area (Å²) in [5.41, 5.74) is 0. The molecule has 0 aromatic rings. The molecule has 130 valence electrons. The van der Waals surface area contributed by atoms with Gasteiger partial charge in [-0.15, -0.1) is 0 Å². The third-order valence-electron chi connectivity index (χ3n) is 4.01. The number of hydrogen-bond donors (Lipinski definition) is 3. The highest BCUT2D eigenvalue weighted by Gasteiger charge is 1.94. The fraction of sp³-hybridized carbons (Fsp3) is 1.00. The van der Waals surface area contributed by atoms with E-state index in [0.717, 1.165) is 5.75 Å². The minimum atomic E-state index is 1.07. The van der Waals surface area contributed by atoms with Crippen LogP contribution in [0.3, 0.4) is 0 Å². The van der Waals surface area contributed by atoms with Crippen molar-refractivity contribution in [1.82, 2.24) is 0 Å². The molecular formula is C18H40OS2. The maximum Gasteiger partial charge on any atom is -0.00979 e. The van der Waals surface area contributed by atoms with E-state index in [0.29, 0.717) is 0 Å². The number of rotatable bonds is 16. The molecular weight excluding hydrogens is 296 g/mol. The van der Waals surface area contributed by atoms with Gasteiger partial charge in [-0.25, -0.2) is 0 Å². The maximum atomic E-state index is 6.69. The zero-order valence-electron chi connectivity index (χ0n) is 14.4. The van der Waals surface area contributed by atoms with Crippen molar-refractivity contribution >= 4 is 25.5 Å². The normalized spacial score (nSPS) is 10.3. The molecule has 0 heterocycles. The average Bonchev–Trinajstić information content (AvgIpc) is 2.53. The zero-order chi connectivity index (χ0) is 16.0. The first-order valence-corrected chi connectivity index (χ1v) is 10.3. The van der Waals surface area contributed by atoms with Gasteiger partial charge in [0.2, 0.25) is 0 Å². The third-order valence-corrected chi connectivity index (χ3v) is 4.33. The molecule has 0 aliphatic carbocycles. The van der Waals surface area contributed by atoms with Gasteiger partial charge < -0.3 is 4.55 Å². The molecule has 0 saturated heterocycles. The topological polar surface area (TPSA) is 20.2 Å². The Morgan fingerprint density at radius 1 is 0.476 bits per heavy atom. The highest BCUT2D eigenvalue weighted by atomic mass is 32.1. The van der Waals surface area contributed by atoms with Gasteiger partial charge in [0.05, 0.1) is 0 Å². The lowest BCUT2D eigenvalue weighted by Gasteiger charge is -2.03. The van der Waals surface area contributed by atoms with E-state index < -0.39 is 0 Å². The highest BCUT2D eigenvalue weighted by molar-refractivity contribution is 7.80. The highest BCUT2D eigenvalue weighted by Crippen LogP contribution is 2.13. The average molecular weight is 337 g/mol. The van der Waals surface area contributed by atoms with Gasteiger partial charge in [0.25, 0.3) is 0 Å². The molecule has 0 aliphatic rings. The van der Waals surface area contributed by atoms with Crippen LogP contribution in [-0.4, -0.2) is 10.3 Å². The van der Waals surface area contributed by atoms with E-state index in [1.807, 2.05) is 0 Å². The smallest absolute Gasteiger partial charge is 0.00979 e. The largest absolute Gasteiger partial charge is 0.333 e. The van der Waals surface area contributed by atoms with E-state index >= 15 is 0 Å². The summed E-state index contributed by atoms with van der Waals surface area (Å²) in [5, 5.41) is 0. The Hall–Kier alpha value is 0.660. The first-order valence-electron chi connectivity index (χ1n) is 9.22. The summed E-state index contributed by atoms with van der Waals surface area (Å²) in [6.07, 6.45) is 23.1. The van der Waals surface area contributed by atoms with Crippen molar-refractivity contribution in [2.75, 3.05) is 5.75 Å². The van der Waals surface area contributed by atoms with Gasteiger partial charge in [-0.1, -0.05) is 103 Å². The summed E-state index contributed by atoms with van der Waals surface area (Å²) in [7, 11) is 0. The molecule has 0 fully saturated rings. The molecule has 1 N–H and O–H groups in total. The van der Waals surface area contributed by atoms with Gasteiger partial charge in [-0.2, -0.15) is 12.6 Å². The predicted octanol–water partition coefficient (Wildman–Crippen LogP) is 7.57. The first kappa shape index (κ1) is 23.9. The molecule has 0 amide bonds. The summed E-state index contributed by atoms with van der Waals surface area (Å²) in [5.74, 6) is 1.07. The number of hydrogen-bond acceptors (Lipinski definition) is 3. The molecule has 3 heteroatoms. The van der Waals surface area contributed by atoms with Crippen LogP contribution in [0.1, 0.15) is 110 Å². The monoisotopic (exact) mass is 336 g/mol. The van der Waals surface area contributed by atoms with Crippen molar-refractivity contribution < 1.29 is 4.55 Å². The summed E-state index contributed by atoms with van der Waals surface area (Å²) >= 11 is 6.77. The maximum absolute atomic E-state index is 6.69. The van der Waals surface area contributed by atoms with Gasteiger partial charge in [0, 0.05) is 0 Å². The molecule has 0 spiro atoms. The van der Waals surface area contributed by atoms with Crippen LogP contribution in [0.25, 0.3) is 0 Å². The summed E-state index contributed by atoms with van der Waals surface area (Å²) in [4.78, 5) is 0. The van der Waals surface area contributed by atoms with Crippen LogP contribution in [0.4, 0.5) is 0 Å². The van der Waals surface area contributed by atoms with Crippen molar-refractivity contribution in [3.05, 3.63) is 0 Å². The second kappa shape index (κ2) is 25.6. The molecule has 0 unspecified atom stereocenters. The molecule has 0 bridgehead atoms. The van der Waals surface area contributed by atoms with E-state index in [1.165, 1.54) is 103 Å². The molecule has 0 radical (unpaired) electrons. The Bertz CT molecular complexity index is 138.